The predicted octanol–water partition coefficient (Wildman–Crippen LogP) is 4.20. The summed E-state index contributed by atoms with van der Waals surface area (Å²) in [5.41, 5.74) is 5.16. The Balaban J connectivity index is 1.36. The van der Waals surface area contributed by atoms with Gasteiger partial charge in [-0.2, -0.15) is 0 Å². The van der Waals surface area contributed by atoms with Crippen molar-refractivity contribution < 1.29 is 9.15 Å². The average Bonchev–Trinajstić information content (AvgIpc) is 3.10. The average molecular weight is 425 g/mol. The van der Waals surface area contributed by atoms with Gasteiger partial charge in [-0.15, -0.1) is 5.10 Å². The minimum atomic E-state index is 0.426. The fourth-order valence-corrected chi connectivity index (χ4v) is 4.02. The second-order valence-corrected chi connectivity index (χ2v) is 8.10. The minimum absolute atomic E-state index is 0.426. The highest BCUT2D eigenvalue weighted by molar-refractivity contribution is 7.71. The Hall–Kier alpha value is -2.64. The third kappa shape index (κ3) is 4.57. The van der Waals surface area contributed by atoms with Crippen molar-refractivity contribution in [2.45, 2.75) is 26.9 Å². The van der Waals surface area contributed by atoms with Crippen LogP contribution in [0.2, 0.25) is 0 Å². The summed E-state index contributed by atoms with van der Waals surface area (Å²) in [5, 5.41) is 4.60. The summed E-state index contributed by atoms with van der Waals surface area (Å²) in [4.78, 5) is 5.27. The van der Waals surface area contributed by atoms with Crippen molar-refractivity contribution in [1.82, 2.24) is 14.7 Å². The van der Waals surface area contributed by atoms with E-state index in [-0.39, 0.29) is 0 Å². The Morgan fingerprint density at radius 2 is 1.77 bits per heavy atom. The highest BCUT2D eigenvalue weighted by atomic mass is 32.1. The van der Waals surface area contributed by atoms with E-state index in [1.807, 2.05) is 24.3 Å². The van der Waals surface area contributed by atoms with E-state index in [1.165, 1.54) is 16.8 Å². The van der Waals surface area contributed by atoms with Crippen molar-refractivity contribution in [3.8, 4) is 5.75 Å². The van der Waals surface area contributed by atoms with E-state index in [1.54, 1.807) is 11.8 Å². The van der Waals surface area contributed by atoms with Crippen LogP contribution in [0.4, 0.5) is 5.69 Å². The lowest BCUT2D eigenvalue weighted by Gasteiger charge is -2.36. The van der Waals surface area contributed by atoms with E-state index in [2.05, 4.69) is 46.9 Å². The normalized spacial score (nSPS) is 14.8. The first-order valence-electron chi connectivity index (χ1n) is 10.3. The molecule has 1 aliphatic rings. The fraction of sp³-hybridized carbons (Fsp3) is 0.391. The molecule has 30 heavy (non-hydrogen) atoms. The summed E-state index contributed by atoms with van der Waals surface area (Å²) in [5.74, 6) is 1.48. The molecule has 6 nitrogen and oxygen atoms in total. The number of aryl methyl sites for hydroxylation is 1. The topological polar surface area (TPSA) is 46.7 Å². The number of benzene rings is 2. The second-order valence-electron chi connectivity index (χ2n) is 7.75. The Kier molecular flexibility index (Phi) is 6.20. The van der Waals surface area contributed by atoms with Gasteiger partial charge < -0.3 is 14.1 Å². The molecular formula is C23H28N4O2S. The van der Waals surface area contributed by atoms with Gasteiger partial charge in [0, 0.05) is 31.9 Å². The first-order chi connectivity index (χ1) is 14.5. The number of hydrogen-bond acceptors (Lipinski definition) is 6. The van der Waals surface area contributed by atoms with Crippen LogP contribution in [0.15, 0.2) is 46.9 Å². The lowest BCUT2D eigenvalue weighted by atomic mass is 10.1. The van der Waals surface area contributed by atoms with Crippen molar-refractivity contribution in [3.63, 3.8) is 0 Å². The summed E-state index contributed by atoms with van der Waals surface area (Å²) in [6, 6.07) is 14.4. The molecule has 0 bridgehead atoms. The largest absolute Gasteiger partial charge is 0.497 e. The van der Waals surface area contributed by atoms with Crippen LogP contribution in [0.1, 0.15) is 22.6 Å². The van der Waals surface area contributed by atoms with Crippen LogP contribution < -0.4 is 9.64 Å². The zero-order chi connectivity index (χ0) is 21.1. The zero-order valence-corrected chi connectivity index (χ0v) is 18.6. The minimum Gasteiger partial charge on any atom is -0.497 e. The van der Waals surface area contributed by atoms with Gasteiger partial charge in [-0.3, -0.25) is 4.90 Å². The molecule has 0 unspecified atom stereocenters. The molecule has 0 spiro atoms. The lowest BCUT2D eigenvalue weighted by molar-refractivity contribution is 0.192. The number of rotatable bonds is 6. The third-order valence-corrected chi connectivity index (χ3v) is 6.08. The number of ether oxygens (including phenoxy) is 1. The molecule has 7 heteroatoms. The molecule has 158 valence electrons. The number of aromatic nitrogens is 2. The Morgan fingerprint density at radius 3 is 2.47 bits per heavy atom. The third-order valence-electron chi connectivity index (χ3n) is 5.79. The van der Waals surface area contributed by atoms with Gasteiger partial charge in [0.05, 0.1) is 20.2 Å². The molecule has 0 atom stereocenters. The maximum Gasteiger partial charge on any atom is 0.288 e. The van der Waals surface area contributed by atoms with E-state index in [0.29, 0.717) is 23.8 Å². The molecular weight excluding hydrogens is 396 g/mol. The summed E-state index contributed by atoms with van der Waals surface area (Å²) in [6.07, 6.45) is 0.612. The summed E-state index contributed by atoms with van der Waals surface area (Å²) < 4.78 is 12.7. The number of anilines is 1. The molecule has 0 aliphatic carbocycles. The second kappa shape index (κ2) is 9.02. The molecule has 3 aromatic rings. The molecule has 1 fully saturated rings. The predicted molar refractivity (Wildman–Crippen MR) is 121 cm³/mol. The molecule has 1 saturated heterocycles. The zero-order valence-electron chi connectivity index (χ0n) is 17.8. The van der Waals surface area contributed by atoms with E-state index < -0.39 is 0 Å². The molecule has 0 N–H and O–H groups in total. The van der Waals surface area contributed by atoms with Crippen molar-refractivity contribution >= 4 is 17.9 Å². The number of methoxy groups -OCH3 is 1. The van der Waals surface area contributed by atoms with E-state index >= 15 is 0 Å². The molecule has 0 amide bonds. The fourth-order valence-electron chi connectivity index (χ4n) is 3.83. The highest BCUT2D eigenvalue weighted by Crippen LogP contribution is 2.24. The van der Waals surface area contributed by atoms with Crippen molar-refractivity contribution in [2.24, 2.45) is 0 Å². The maximum atomic E-state index is 5.73. The van der Waals surface area contributed by atoms with Crippen LogP contribution in [0.5, 0.6) is 5.75 Å². The molecule has 2 heterocycles. The molecule has 1 aliphatic heterocycles. The van der Waals surface area contributed by atoms with Crippen LogP contribution >= 0.6 is 12.2 Å². The van der Waals surface area contributed by atoms with E-state index in [4.69, 9.17) is 21.4 Å². The van der Waals surface area contributed by atoms with Gasteiger partial charge in [0.2, 0.25) is 5.89 Å². The smallest absolute Gasteiger partial charge is 0.288 e. The molecule has 4 rings (SSSR count). The first-order valence-corrected chi connectivity index (χ1v) is 10.7. The van der Waals surface area contributed by atoms with Crippen molar-refractivity contribution in [2.75, 3.05) is 38.2 Å². The van der Waals surface area contributed by atoms with Gasteiger partial charge in [-0.25, -0.2) is 4.68 Å². The summed E-state index contributed by atoms with van der Waals surface area (Å²) in [6.45, 7) is 8.96. The van der Waals surface area contributed by atoms with Crippen LogP contribution in [0.25, 0.3) is 0 Å². The molecule has 0 saturated carbocycles. The van der Waals surface area contributed by atoms with Gasteiger partial charge in [-0.05, 0) is 61.0 Å². The lowest BCUT2D eigenvalue weighted by Crippen LogP contribution is -2.47. The Bertz CT molecular complexity index is 1050. The van der Waals surface area contributed by atoms with Gasteiger partial charge >= 0.3 is 0 Å². The van der Waals surface area contributed by atoms with Crippen LogP contribution in [0, 0.1) is 18.7 Å². The summed E-state index contributed by atoms with van der Waals surface area (Å²) in [7, 11) is 1.66. The quantitative estimate of drug-likeness (QED) is 0.553. The van der Waals surface area contributed by atoms with Crippen molar-refractivity contribution in [3.05, 3.63) is 69.9 Å². The monoisotopic (exact) mass is 424 g/mol. The number of piperazine rings is 1. The van der Waals surface area contributed by atoms with Gasteiger partial charge in [0.25, 0.3) is 4.84 Å². The van der Waals surface area contributed by atoms with Gasteiger partial charge in [0.15, 0.2) is 0 Å². The van der Waals surface area contributed by atoms with Crippen LogP contribution in [0.3, 0.4) is 0 Å². The highest BCUT2D eigenvalue weighted by Gasteiger charge is 2.20. The van der Waals surface area contributed by atoms with Crippen molar-refractivity contribution in [1.29, 1.82) is 0 Å². The Labute approximate surface area is 182 Å². The van der Waals surface area contributed by atoms with E-state index in [0.717, 1.165) is 37.5 Å². The van der Waals surface area contributed by atoms with E-state index in [9.17, 15) is 0 Å². The number of hydrogen-bond donors (Lipinski definition) is 0. The number of nitrogens with zero attached hydrogens (tertiary/aromatic N) is 4. The van der Waals surface area contributed by atoms with Gasteiger partial charge in [0.1, 0.15) is 5.75 Å². The first kappa shape index (κ1) is 20.6. The Morgan fingerprint density at radius 1 is 1.03 bits per heavy atom. The van der Waals surface area contributed by atoms with Crippen LogP contribution in [-0.4, -0.2) is 48.0 Å². The molecule has 0 radical (unpaired) electrons. The SMILES string of the molecule is COc1ccc(Cc2nn(CN3CCN(c4cccc(C)c4C)CC3)c(=S)o2)cc1. The van der Waals surface area contributed by atoms with Crippen LogP contribution in [-0.2, 0) is 13.1 Å². The maximum absolute atomic E-state index is 5.73. The molecule has 2 aromatic carbocycles. The summed E-state index contributed by atoms with van der Waals surface area (Å²) >= 11 is 5.41. The van der Waals surface area contributed by atoms with Gasteiger partial charge in [-0.1, -0.05) is 24.3 Å². The molecule has 1 aromatic heterocycles. The standard InChI is InChI=1S/C23H28N4O2S/c1-17-5-4-6-21(18(17)2)26-13-11-25(12-14-26)16-27-23(30)29-22(24-27)15-19-7-9-20(28-3)10-8-19/h4-10H,11-16H2,1-3H3.